The van der Waals surface area contributed by atoms with Gasteiger partial charge in [-0.15, -0.1) is 0 Å². The van der Waals surface area contributed by atoms with Crippen LogP contribution in [0.3, 0.4) is 0 Å². The lowest BCUT2D eigenvalue weighted by molar-refractivity contribution is 0.100. The van der Waals surface area contributed by atoms with Crippen molar-refractivity contribution in [2.75, 3.05) is 6.26 Å². The Balaban J connectivity index is 2.81. The summed E-state index contributed by atoms with van der Waals surface area (Å²) < 4.78 is 50.4. The second-order valence-electron chi connectivity index (χ2n) is 5.69. The first-order chi connectivity index (χ1) is 12.3. The number of halogens is 1. The van der Waals surface area contributed by atoms with Crippen LogP contribution in [0.25, 0.3) is 0 Å². The summed E-state index contributed by atoms with van der Waals surface area (Å²) in [6.45, 7) is 1.45. The zero-order valence-corrected chi connectivity index (χ0v) is 16.7. The molecule has 2 rings (SSSR count). The summed E-state index contributed by atoms with van der Waals surface area (Å²) in [7, 11) is -8.19. The van der Waals surface area contributed by atoms with Crippen LogP contribution in [0.2, 0.25) is 5.02 Å². The number of sulfone groups is 2. The zero-order valence-electron chi connectivity index (χ0n) is 14.3. The third kappa shape index (κ3) is 4.46. The lowest BCUT2D eigenvalue weighted by Gasteiger charge is -2.13. The van der Waals surface area contributed by atoms with Gasteiger partial charge >= 0.3 is 0 Å². The topological polar surface area (TPSA) is 150 Å². The van der Waals surface area contributed by atoms with E-state index < -0.39 is 41.3 Å². The SMILES string of the molecule is Cc1cc(S(=O)(=O)c2ccc(Cl)cc2)c(S(C)(=O)=O)cc1C(=O)N=C(N)N. The molecule has 0 aromatic heterocycles. The van der Waals surface area contributed by atoms with E-state index in [-0.39, 0.29) is 16.0 Å². The highest BCUT2D eigenvalue weighted by molar-refractivity contribution is 7.94. The van der Waals surface area contributed by atoms with Crippen molar-refractivity contribution in [2.24, 2.45) is 16.5 Å². The second-order valence-corrected chi connectivity index (χ2v) is 10.0. The molecule has 2 aromatic carbocycles. The summed E-state index contributed by atoms with van der Waals surface area (Å²) in [6.07, 6.45) is 0.841. The van der Waals surface area contributed by atoms with Crippen LogP contribution in [0, 0.1) is 6.92 Å². The molecule has 0 unspecified atom stereocenters. The van der Waals surface area contributed by atoms with E-state index in [1.807, 2.05) is 0 Å². The molecular formula is C16H16ClN3O5S2. The van der Waals surface area contributed by atoms with Gasteiger partial charge in [0, 0.05) is 16.8 Å². The number of nitrogens with two attached hydrogens (primary N) is 2. The van der Waals surface area contributed by atoms with Crippen molar-refractivity contribution in [3.8, 4) is 0 Å². The average Bonchev–Trinajstić information content (AvgIpc) is 2.53. The predicted octanol–water partition coefficient (Wildman–Crippen LogP) is 1.30. The summed E-state index contributed by atoms with van der Waals surface area (Å²) in [4.78, 5) is 14.4. The molecular weight excluding hydrogens is 414 g/mol. The van der Waals surface area contributed by atoms with E-state index in [0.717, 1.165) is 18.4 Å². The molecule has 0 fully saturated rings. The first kappa shape index (κ1) is 20.9. The highest BCUT2D eigenvalue weighted by atomic mass is 35.5. The first-order valence-corrected chi connectivity index (χ1v) is 11.1. The second kappa shape index (κ2) is 7.29. The minimum Gasteiger partial charge on any atom is -0.370 e. The Hall–Kier alpha value is -2.43. The van der Waals surface area contributed by atoms with Crippen LogP contribution in [0.15, 0.2) is 56.1 Å². The molecule has 0 aliphatic rings. The molecule has 0 saturated heterocycles. The number of carbonyl (C=O) groups excluding carboxylic acids is 1. The Bertz CT molecular complexity index is 1150. The molecule has 4 N–H and O–H groups in total. The Kier molecular flexibility index (Phi) is 5.64. The van der Waals surface area contributed by atoms with Gasteiger partial charge in [-0.05, 0) is 48.9 Å². The smallest absolute Gasteiger partial charge is 0.280 e. The third-order valence-electron chi connectivity index (χ3n) is 3.56. The van der Waals surface area contributed by atoms with Crippen LogP contribution in [0.1, 0.15) is 15.9 Å². The molecule has 2 aromatic rings. The maximum absolute atomic E-state index is 13.0. The van der Waals surface area contributed by atoms with E-state index in [1.54, 1.807) is 0 Å². The molecule has 0 radical (unpaired) electrons. The van der Waals surface area contributed by atoms with Crippen LogP contribution in [0.5, 0.6) is 0 Å². The summed E-state index contributed by atoms with van der Waals surface area (Å²) in [5.41, 5.74) is 10.4. The lowest BCUT2D eigenvalue weighted by atomic mass is 10.1. The van der Waals surface area contributed by atoms with Gasteiger partial charge in [0.1, 0.15) is 0 Å². The van der Waals surface area contributed by atoms with Crippen molar-refractivity contribution in [2.45, 2.75) is 21.6 Å². The highest BCUT2D eigenvalue weighted by Gasteiger charge is 2.28. The number of nitrogens with zero attached hydrogens (tertiary/aromatic N) is 1. The molecule has 0 saturated carbocycles. The van der Waals surface area contributed by atoms with E-state index in [9.17, 15) is 21.6 Å². The summed E-state index contributed by atoms with van der Waals surface area (Å²) >= 11 is 5.77. The van der Waals surface area contributed by atoms with E-state index in [1.165, 1.54) is 31.2 Å². The van der Waals surface area contributed by atoms with E-state index in [2.05, 4.69) is 4.99 Å². The van der Waals surface area contributed by atoms with Crippen LogP contribution < -0.4 is 11.5 Å². The number of aryl methyl sites for hydroxylation is 1. The van der Waals surface area contributed by atoms with Crippen molar-refractivity contribution in [1.29, 1.82) is 0 Å². The normalized spacial score (nSPS) is 11.8. The van der Waals surface area contributed by atoms with E-state index in [0.29, 0.717) is 5.02 Å². The third-order valence-corrected chi connectivity index (χ3v) is 6.89. The quantitative estimate of drug-likeness (QED) is 0.549. The van der Waals surface area contributed by atoms with Crippen LogP contribution in [-0.2, 0) is 19.7 Å². The van der Waals surface area contributed by atoms with Crippen LogP contribution in [0.4, 0.5) is 0 Å². The fourth-order valence-corrected chi connectivity index (χ4v) is 5.38. The Morgan fingerprint density at radius 3 is 2.04 bits per heavy atom. The summed E-state index contributed by atoms with van der Waals surface area (Å²) in [5.74, 6) is -1.38. The average molecular weight is 430 g/mol. The minimum absolute atomic E-state index is 0.126. The standard InChI is InChI=1S/C16H16ClN3O5S2/c1-9-7-14(27(24,25)11-5-3-10(17)4-6-11)13(26(2,22)23)8-12(9)15(21)20-16(18)19/h3-8H,1-2H3,(H4,18,19,20,21). The maximum Gasteiger partial charge on any atom is 0.280 e. The van der Waals surface area contributed by atoms with Gasteiger partial charge in [-0.1, -0.05) is 11.6 Å². The Morgan fingerprint density at radius 1 is 1.00 bits per heavy atom. The van der Waals surface area contributed by atoms with Gasteiger partial charge in [-0.3, -0.25) is 4.79 Å². The van der Waals surface area contributed by atoms with Crippen molar-refractivity contribution in [1.82, 2.24) is 0 Å². The minimum atomic E-state index is -4.19. The molecule has 8 nitrogen and oxygen atoms in total. The van der Waals surface area contributed by atoms with Gasteiger partial charge in [0.2, 0.25) is 9.84 Å². The molecule has 11 heteroatoms. The van der Waals surface area contributed by atoms with Gasteiger partial charge in [0.05, 0.1) is 14.7 Å². The Morgan fingerprint density at radius 2 is 1.56 bits per heavy atom. The Labute approximate surface area is 161 Å². The van der Waals surface area contributed by atoms with E-state index >= 15 is 0 Å². The summed E-state index contributed by atoms with van der Waals surface area (Å²) in [5, 5.41) is 0.326. The predicted molar refractivity (Wildman–Crippen MR) is 101 cm³/mol. The molecule has 0 bridgehead atoms. The number of carbonyl (C=O) groups is 1. The molecule has 144 valence electrons. The van der Waals surface area contributed by atoms with Crippen LogP contribution >= 0.6 is 11.6 Å². The van der Waals surface area contributed by atoms with Gasteiger partial charge < -0.3 is 11.5 Å². The highest BCUT2D eigenvalue weighted by Crippen LogP contribution is 2.31. The zero-order chi connectivity index (χ0) is 20.6. The molecule has 0 spiro atoms. The van der Waals surface area contributed by atoms with Gasteiger partial charge in [0.25, 0.3) is 5.91 Å². The van der Waals surface area contributed by atoms with Gasteiger partial charge in [-0.25, -0.2) is 16.8 Å². The number of amides is 1. The molecule has 0 aliphatic heterocycles. The maximum atomic E-state index is 13.0. The number of benzene rings is 2. The molecule has 0 heterocycles. The fraction of sp³-hybridized carbons (Fsp3) is 0.125. The number of hydrogen-bond acceptors (Lipinski definition) is 5. The van der Waals surface area contributed by atoms with Crippen molar-refractivity contribution >= 4 is 43.1 Å². The van der Waals surface area contributed by atoms with Gasteiger partial charge in [-0.2, -0.15) is 4.99 Å². The van der Waals surface area contributed by atoms with Crippen molar-refractivity contribution < 1.29 is 21.6 Å². The van der Waals surface area contributed by atoms with Gasteiger partial charge in [0.15, 0.2) is 15.8 Å². The first-order valence-electron chi connectivity index (χ1n) is 7.33. The molecule has 1 amide bonds. The number of rotatable bonds is 4. The van der Waals surface area contributed by atoms with E-state index in [4.69, 9.17) is 23.1 Å². The largest absolute Gasteiger partial charge is 0.370 e. The lowest BCUT2D eigenvalue weighted by Crippen LogP contribution is -2.24. The fourth-order valence-electron chi connectivity index (χ4n) is 2.31. The monoisotopic (exact) mass is 429 g/mol. The van der Waals surface area contributed by atoms with Crippen molar-refractivity contribution in [3.05, 3.63) is 52.5 Å². The molecule has 0 atom stereocenters. The van der Waals surface area contributed by atoms with Crippen LogP contribution in [-0.4, -0.2) is 35.0 Å². The molecule has 27 heavy (non-hydrogen) atoms. The number of hydrogen-bond donors (Lipinski definition) is 2. The van der Waals surface area contributed by atoms with Crippen molar-refractivity contribution in [3.63, 3.8) is 0 Å². The summed E-state index contributed by atoms with van der Waals surface area (Å²) in [6, 6.07) is 7.34. The number of aliphatic imine (C=N–C) groups is 1. The molecule has 0 aliphatic carbocycles. The number of guanidine groups is 1.